The third-order valence-electron chi connectivity index (χ3n) is 4.61. The van der Waals surface area contributed by atoms with Crippen molar-refractivity contribution in [3.63, 3.8) is 0 Å². The molecule has 8 heteroatoms. The van der Waals surface area contributed by atoms with Gasteiger partial charge in [0.1, 0.15) is 17.2 Å². The summed E-state index contributed by atoms with van der Waals surface area (Å²) in [5.41, 5.74) is 1.42. The molecule has 0 saturated heterocycles. The lowest BCUT2D eigenvalue weighted by atomic mass is 10.1. The predicted octanol–water partition coefficient (Wildman–Crippen LogP) is 4.82. The second-order valence-corrected chi connectivity index (χ2v) is 7.67. The van der Waals surface area contributed by atoms with Crippen LogP contribution >= 0.6 is 22.9 Å². The number of carbonyl (C=O) groups excluding carboxylic acids is 2. The Labute approximate surface area is 182 Å². The summed E-state index contributed by atoms with van der Waals surface area (Å²) in [4.78, 5) is 28.5. The van der Waals surface area contributed by atoms with Gasteiger partial charge in [-0.1, -0.05) is 29.8 Å². The molecule has 1 N–H and O–H groups in total. The maximum absolute atomic E-state index is 13.4. The highest BCUT2D eigenvalue weighted by atomic mass is 35.5. The molecule has 1 aromatic heterocycles. The van der Waals surface area contributed by atoms with Crippen molar-refractivity contribution < 1.29 is 19.1 Å². The summed E-state index contributed by atoms with van der Waals surface area (Å²) in [5, 5.41) is 5.27. The molecule has 0 unspecified atom stereocenters. The molecule has 0 atom stereocenters. The number of hydrogen-bond donors (Lipinski definition) is 1. The van der Waals surface area contributed by atoms with E-state index >= 15 is 0 Å². The van der Waals surface area contributed by atoms with Crippen molar-refractivity contribution in [1.29, 1.82) is 0 Å². The van der Waals surface area contributed by atoms with Gasteiger partial charge in [0.05, 0.1) is 36.2 Å². The average Bonchev–Trinajstić information content (AvgIpc) is 3.35. The molecule has 0 aliphatic carbocycles. The number of halogens is 1. The molecule has 6 nitrogen and oxygen atoms in total. The van der Waals surface area contributed by atoms with Crippen molar-refractivity contribution >= 4 is 51.7 Å². The van der Waals surface area contributed by atoms with Crippen molar-refractivity contribution in [3.05, 3.63) is 75.6 Å². The molecule has 0 spiro atoms. The third kappa shape index (κ3) is 3.42. The Hall–Kier alpha value is -3.29. The largest absolute Gasteiger partial charge is 0.495 e. The molecular weight excluding hydrogens is 424 g/mol. The molecule has 2 aromatic carbocycles. The lowest BCUT2D eigenvalue weighted by molar-refractivity contribution is -0.120. The van der Waals surface area contributed by atoms with Crippen LogP contribution < -0.4 is 19.7 Å². The molecule has 2 amide bonds. The average molecular weight is 441 g/mol. The van der Waals surface area contributed by atoms with E-state index in [0.717, 1.165) is 4.90 Å². The topological polar surface area (TPSA) is 67.9 Å². The molecule has 1 aliphatic heterocycles. The van der Waals surface area contributed by atoms with Gasteiger partial charge < -0.3 is 14.8 Å². The Kier molecular flexibility index (Phi) is 5.48. The normalized spacial score (nSPS) is 13.8. The molecular formula is C22H17ClN2O4S. The van der Waals surface area contributed by atoms with E-state index in [0.29, 0.717) is 38.3 Å². The van der Waals surface area contributed by atoms with E-state index in [1.54, 1.807) is 37.4 Å². The quantitative estimate of drug-likeness (QED) is 0.557. The monoisotopic (exact) mass is 440 g/mol. The van der Waals surface area contributed by atoms with Crippen LogP contribution in [0.15, 0.2) is 65.7 Å². The fourth-order valence-corrected chi connectivity index (χ4v) is 4.23. The molecule has 152 valence electrons. The first-order valence-electron chi connectivity index (χ1n) is 8.95. The highest BCUT2D eigenvalue weighted by molar-refractivity contribution is 7.11. The van der Waals surface area contributed by atoms with Gasteiger partial charge in [-0.2, -0.15) is 0 Å². The third-order valence-corrected chi connectivity index (χ3v) is 5.79. The number of ether oxygens (including phenoxy) is 2. The summed E-state index contributed by atoms with van der Waals surface area (Å²) >= 11 is 7.61. The number of nitrogens with zero attached hydrogens (tertiary/aromatic N) is 1. The number of methoxy groups -OCH3 is 2. The number of hydrogen-bond acceptors (Lipinski definition) is 6. The number of anilines is 2. The number of amides is 2. The van der Waals surface area contributed by atoms with Gasteiger partial charge in [0.15, 0.2) is 0 Å². The summed E-state index contributed by atoms with van der Waals surface area (Å²) in [6, 6.07) is 15.6. The van der Waals surface area contributed by atoms with Gasteiger partial charge in [0.2, 0.25) is 0 Å². The van der Waals surface area contributed by atoms with E-state index in [4.69, 9.17) is 21.1 Å². The molecule has 4 rings (SSSR count). The Bertz CT molecular complexity index is 1160. The van der Waals surface area contributed by atoms with Crippen LogP contribution in [0.5, 0.6) is 11.5 Å². The highest BCUT2D eigenvalue weighted by Gasteiger charge is 2.41. The van der Waals surface area contributed by atoms with Gasteiger partial charge in [-0.05, 0) is 41.8 Å². The lowest BCUT2D eigenvalue weighted by Gasteiger charge is -2.17. The minimum Gasteiger partial charge on any atom is -0.495 e. The van der Waals surface area contributed by atoms with E-state index < -0.39 is 11.8 Å². The fraction of sp³-hybridized carbons (Fsp3) is 0.0909. The fourth-order valence-electron chi connectivity index (χ4n) is 3.21. The Morgan fingerprint density at radius 2 is 1.70 bits per heavy atom. The first-order chi connectivity index (χ1) is 14.5. The lowest BCUT2D eigenvalue weighted by Crippen LogP contribution is -2.32. The van der Waals surface area contributed by atoms with Crippen molar-refractivity contribution in [1.82, 2.24) is 0 Å². The number of nitrogens with one attached hydrogen (secondary N) is 1. The summed E-state index contributed by atoms with van der Waals surface area (Å²) in [5.74, 6) is 0.108. The number of rotatable bonds is 6. The first kappa shape index (κ1) is 20.0. The molecule has 30 heavy (non-hydrogen) atoms. The van der Waals surface area contributed by atoms with Gasteiger partial charge in [-0.25, -0.2) is 4.90 Å². The predicted molar refractivity (Wildman–Crippen MR) is 118 cm³/mol. The van der Waals surface area contributed by atoms with E-state index in [-0.39, 0.29) is 5.70 Å². The Balaban J connectivity index is 1.80. The van der Waals surface area contributed by atoms with Crippen LogP contribution in [0, 0.1) is 0 Å². The SMILES string of the molecule is COc1ccc(N2C(=O)C(Nc3ccccc3OC)=C(c3cccs3)C2=O)cc1Cl. The van der Waals surface area contributed by atoms with Crippen molar-refractivity contribution in [2.75, 3.05) is 24.4 Å². The number of benzene rings is 2. The van der Waals surface area contributed by atoms with Crippen LogP contribution in [-0.2, 0) is 9.59 Å². The molecule has 2 heterocycles. The van der Waals surface area contributed by atoms with E-state index in [1.165, 1.54) is 24.5 Å². The van der Waals surface area contributed by atoms with Crippen LogP contribution in [0.1, 0.15) is 4.88 Å². The van der Waals surface area contributed by atoms with Crippen LogP contribution in [0.3, 0.4) is 0 Å². The second kappa shape index (κ2) is 8.22. The summed E-state index contributed by atoms with van der Waals surface area (Å²) in [7, 11) is 3.04. The minimum absolute atomic E-state index is 0.180. The smallest absolute Gasteiger partial charge is 0.282 e. The zero-order valence-corrected chi connectivity index (χ0v) is 17.7. The first-order valence-corrected chi connectivity index (χ1v) is 10.2. The minimum atomic E-state index is -0.476. The highest BCUT2D eigenvalue weighted by Crippen LogP contribution is 2.38. The molecule has 0 radical (unpaired) electrons. The van der Waals surface area contributed by atoms with Gasteiger partial charge in [0, 0.05) is 4.88 Å². The summed E-state index contributed by atoms with van der Waals surface area (Å²) in [6.07, 6.45) is 0. The number of para-hydroxylation sites is 2. The summed E-state index contributed by atoms with van der Waals surface area (Å²) < 4.78 is 10.5. The molecule has 1 aliphatic rings. The standard InChI is InChI=1S/C22H17ClN2O4S/c1-28-16-10-9-13(12-14(16)23)25-21(26)19(18-8-5-11-30-18)20(22(25)27)24-15-6-3-4-7-17(15)29-2/h3-12,24H,1-2H3. The van der Waals surface area contributed by atoms with E-state index in [2.05, 4.69) is 5.32 Å². The summed E-state index contributed by atoms with van der Waals surface area (Å²) in [6.45, 7) is 0. The van der Waals surface area contributed by atoms with Gasteiger partial charge >= 0.3 is 0 Å². The van der Waals surface area contributed by atoms with E-state index in [9.17, 15) is 9.59 Å². The van der Waals surface area contributed by atoms with Crippen molar-refractivity contribution in [2.45, 2.75) is 0 Å². The number of carbonyl (C=O) groups is 2. The number of imide groups is 1. The van der Waals surface area contributed by atoms with Crippen LogP contribution in [-0.4, -0.2) is 26.0 Å². The van der Waals surface area contributed by atoms with Crippen molar-refractivity contribution in [3.8, 4) is 11.5 Å². The van der Waals surface area contributed by atoms with E-state index in [1.807, 2.05) is 23.6 Å². The van der Waals surface area contributed by atoms with Gasteiger partial charge in [-0.3, -0.25) is 9.59 Å². The maximum Gasteiger partial charge on any atom is 0.282 e. The zero-order valence-electron chi connectivity index (χ0n) is 16.1. The second-order valence-electron chi connectivity index (χ2n) is 6.32. The molecule has 3 aromatic rings. The molecule has 0 bridgehead atoms. The van der Waals surface area contributed by atoms with Crippen LogP contribution in [0.2, 0.25) is 5.02 Å². The Morgan fingerprint density at radius 3 is 2.37 bits per heavy atom. The Morgan fingerprint density at radius 1 is 0.933 bits per heavy atom. The van der Waals surface area contributed by atoms with Crippen molar-refractivity contribution in [2.24, 2.45) is 0 Å². The molecule has 0 saturated carbocycles. The number of thiophene rings is 1. The molecule has 0 fully saturated rings. The van der Waals surface area contributed by atoms with Crippen LogP contribution in [0.4, 0.5) is 11.4 Å². The van der Waals surface area contributed by atoms with Gasteiger partial charge in [-0.15, -0.1) is 11.3 Å². The zero-order chi connectivity index (χ0) is 21.3. The maximum atomic E-state index is 13.4. The van der Waals surface area contributed by atoms with Crippen LogP contribution in [0.25, 0.3) is 5.57 Å². The van der Waals surface area contributed by atoms with Gasteiger partial charge in [0.25, 0.3) is 11.8 Å².